The molecule has 1 atom stereocenters. The lowest BCUT2D eigenvalue weighted by Gasteiger charge is -2.16. The summed E-state index contributed by atoms with van der Waals surface area (Å²) in [6.07, 6.45) is 8.37. The highest BCUT2D eigenvalue weighted by atomic mass is 16.5. The summed E-state index contributed by atoms with van der Waals surface area (Å²) in [5.74, 6) is -0.887. The molecule has 0 amide bonds. The fraction of sp³-hybridized carbons (Fsp3) is 0.500. The van der Waals surface area contributed by atoms with Gasteiger partial charge in [0.25, 0.3) is 0 Å². The van der Waals surface area contributed by atoms with E-state index in [1.165, 1.54) is 38.5 Å². The Morgan fingerprint density at radius 3 is 2.24 bits per heavy atom. The Bertz CT molecular complexity index is 908. The van der Waals surface area contributed by atoms with Gasteiger partial charge in [0.15, 0.2) is 0 Å². The average molecular weight is 471 g/mol. The summed E-state index contributed by atoms with van der Waals surface area (Å²) in [5, 5.41) is 20.2. The predicted molar refractivity (Wildman–Crippen MR) is 132 cm³/mol. The number of carboxylic acid groups (broad SMARTS) is 1. The molecule has 0 aliphatic rings. The minimum absolute atomic E-state index is 0.198. The number of hydrogen-bond donors (Lipinski definition) is 2. The standard InChI is InChI=1S/C28H38O6/c1-3-5-6-7-8-9-10-11-17-34-25-16-15-22(19-24(25)20-26(29)30)27(31)21-13-12-14-23(18-21)28(32)33-4-2/h12-16,18-19,27,31H,3-11,17,20H2,1-2H3,(H,29,30). The molecule has 2 N–H and O–H groups in total. The molecule has 6 nitrogen and oxygen atoms in total. The van der Waals surface area contributed by atoms with Gasteiger partial charge >= 0.3 is 11.9 Å². The van der Waals surface area contributed by atoms with Crippen LogP contribution in [0.1, 0.15) is 98.4 Å². The molecule has 0 fully saturated rings. The van der Waals surface area contributed by atoms with Gasteiger partial charge in [0.2, 0.25) is 0 Å². The zero-order valence-electron chi connectivity index (χ0n) is 20.4. The van der Waals surface area contributed by atoms with Gasteiger partial charge in [-0.25, -0.2) is 4.79 Å². The van der Waals surface area contributed by atoms with Crippen LogP contribution in [0.4, 0.5) is 0 Å². The summed E-state index contributed by atoms with van der Waals surface area (Å²) in [6, 6.07) is 11.7. The first-order valence-corrected chi connectivity index (χ1v) is 12.4. The Balaban J connectivity index is 2.01. The van der Waals surface area contributed by atoms with Crippen LogP contribution in [0.2, 0.25) is 0 Å². The summed E-state index contributed by atoms with van der Waals surface area (Å²) in [4.78, 5) is 23.4. The van der Waals surface area contributed by atoms with Crippen molar-refractivity contribution in [2.75, 3.05) is 13.2 Å². The van der Waals surface area contributed by atoms with Crippen molar-refractivity contribution in [2.24, 2.45) is 0 Å². The molecule has 0 saturated heterocycles. The van der Waals surface area contributed by atoms with Crippen molar-refractivity contribution in [2.45, 2.75) is 77.7 Å². The molecule has 6 heteroatoms. The van der Waals surface area contributed by atoms with Crippen LogP contribution in [0.5, 0.6) is 5.75 Å². The molecule has 0 aliphatic carbocycles. The topological polar surface area (TPSA) is 93.1 Å². The molecule has 0 heterocycles. The van der Waals surface area contributed by atoms with E-state index in [1.54, 1.807) is 49.4 Å². The van der Waals surface area contributed by atoms with Gasteiger partial charge in [0, 0.05) is 5.56 Å². The summed E-state index contributed by atoms with van der Waals surface area (Å²) in [6.45, 7) is 4.75. The normalized spacial score (nSPS) is 11.7. The van der Waals surface area contributed by atoms with Crippen molar-refractivity contribution >= 4 is 11.9 Å². The lowest BCUT2D eigenvalue weighted by molar-refractivity contribution is -0.136. The molecule has 0 spiro atoms. The van der Waals surface area contributed by atoms with Gasteiger partial charge in [-0.05, 0) is 48.7 Å². The Morgan fingerprint density at radius 1 is 0.882 bits per heavy atom. The van der Waals surface area contributed by atoms with Gasteiger partial charge in [-0.3, -0.25) is 4.79 Å². The molecule has 0 bridgehead atoms. The van der Waals surface area contributed by atoms with Crippen molar-refractivity contribution in [3.8, 4) is 5.75 Å². The molecule has 1 unspecified atom stereocenters. The minimum Gasteiger partial charge on any atom is -0.493 e. The third-order valence-electron chi connectivity index (χ3n) is 5.71. The molecule has 0 saturated carbocycles. The third kappa shape index (κ3) is 9.18. The number of benzene rings is 2. The van der Waals surface area contributed by atoms with Gasteiger partial charge in [0.1, 0.15) is 11.9 Å². The number of carbonyl (C=O) groups is 2. The van der Waals surface area contributed by atoms with E-state index in [9.17, 15) is 19.8 Å². The van der Waals surface area contributed by atoms with Crippen LogP contribution >= 0.6 is 0 Å². The molecular formula is C28H38O6. The molecule has 0 aromatic heterocycles. The largest absolute Gasteiger partial charge is 0.493 e. The van der Waals surface area contributed by atoms with Crippen LogP contribution in [-0.4, -0.2) is 35.4 Å². The number of rotatable bonds is 16. The number of ether oxygens (including phenoxy) is 2. The van der Waals surface area contributed by atoms with Gasteiger partial charge < -0.3 is 19.7 Å². The summed E-state index contributed by atoms with van der Waals surface area (Å²) < 4.78 is 10.9. The second-order valence-corrected chi connectivity index (χ2v) is 8.51. The first-order chi connectivity index (χ1) is 16.5. The zero-order chi connectivity index (χ0) is 24.8. The van der Waals surface area contributed by atoms with Crippen LogP contribution in [0.15, 0.2) is 42.5 Å². The number of unbranched alkanes of at least 4 members (excludes halogenated alkanes) is 7. The van der Waals surface area contributed by atoms with E-state index in [0.717, 1.165) is 12.8 Å². The van der Waals surface area contributed by atoms with Crippen molar-refractivity contribution < 1.29 is 29.3 Å². The predicted octanol–water partition coefficient (Wildman–Crippen LogP) is 6.09. The second-order valence-electron chi connectivity index (χ2n) is 8.51. The Morgan fingerprint density at radius 2 is 1.56 bits per heavy atom. The second kappa shape index (κ2) is 15.1. The number of aliphatic hydroxyl groups excluding tert-OH is 1. The number of aliphatic hydroxyl groups is 1. The quantitative estimate of drug-likeness (QED) is 0.228. The molecule has 2 rings (SSSR count). The number of hydrogen-bond acceptors (Lipinski definition) is 5. The van der Waals surface area contributed by atoms with Crippen molar-refractivity contribution in [3.63, 3.8) is 0 Å². The number of aliphatic carboxylic acids is 1. The maximum atomic E-state index is 12.0. The van der Waals surface area contributed by atoms with Crippen molar-refractivity contribution in [3.05, 3.63) is 64.7 Å². The molecule has 0 aliphatic heterocycles. The van der Waals surface area contributed by atoms with Crippen molar-refractivity contribution in [1.29, 1.82) is 0 Å². The van der Waals surface area contributed by atoms with E-state index in [4.69, 9.17) is 9.47 Å². The highest BCUT2D eigenvalue weighted by Gasteiger charge is 2.17. The molecule has 186 valence electrons. The molecule has 2 aromatic rings. The fourth-order valence-electron chi connectivity index (χ4n) is 3.87. The first-order valence-electron chi connectivity index (χ1n) is 12.4. The van der Waals surface area contributed by atoms with Gasteiger partial charge in [-0.15, -0.1) is 0 Å². The summed E-state index contributed by atoms with van der Waals surface area (Å²) in [7, 11) is 0. The molecular weight excluding hydrogens is 432 g/mol. The lowest BCUT2D eigenvalue weighted by Crippen LogP contribution is -2.09. The number of carboxylic acids is 1. The first kappa shape index (κ1) is 27.4. The van der Waals surface area contributed by atoms with Gasteiger partial charge in [-0.1, -0.05) is 70.1 Å². The third-order valence-corrected chi connectivity index (χ3v) is 5.71. The Labute approximate surface area is 202 Å². The molecule has 34 heavy (non-hydrogen) atoms. The SMILES string of the molecule is CCCCCCCCCCOc1ccc(C(O)c2cccc(C(=O)OCC)c2)cc1CC(=O)O. The molecule has 0 radical (unpaired) electrons. The molecule has 2 aromatic carbocycles. The summed E-state index contributed by atoms with van der Waals surface area (Å²) >= 11 is 0. The smallest absolute Gasteiger partial charge is 0.338 e. The number of carbonyl (C=O) groups excluding carboxylic acids is 1. The van der Waals surface area contributed by atoms with Crippen LogP contribution in [0, 0.1) is 0 Å². The summed E-state index contributed by atoms with van der Waals surface area (Å²) in [5.41, 5.74) is 1.94. The number of esters is 1. The van der Waals surface area contributed by atoms with E-state index in [-0.39, 0.29) is 13.0 Å². The Hall–Kier alpha value is -2.86. The monoisotopic (exact) mass is 470 g/mol. The van der Waals surface area contributed by atoms with Crippen LogP contribution < -0.4 is 4.74 Å². The lowest BCUT2D eigenvalue weighted by atomic mass is 9.97. The van der Waals surface area contributed by atoms with E-state index in [2.05, 4.69) is 6.92 Å². The highest BCUT2D eigenvalue weighted by Crippen LogP contribution is 2.29. The van der Waals surface area contributed by atoms with Gasteiger partial charge in [0.05, 0.1) is 25.2 Å². The van der Waals surface area contributed by atoms with Gasteiger partial charge in [-0.2, -0.15) is 0 Å². The van der Waals surface area contributed by atoms with E-state index in [0.29, 0.717) is 34.6 Å². The van der Waals surface area contributed by atoms with Crippen LogP contribution in [0.3, 0.4) is 0 Å². The fourth-order valence-corrected chi connectivity index (χ4v) is 3.87. The van der Waals surface area contributed by atoms with Crippen molar-refractivity contribution in [1.82, 2.24) is 0 Å². The highest BCUT2D eigenvalue weighted by molar-refractivity contribution is 5.89. The minimum atomic E-state index is -1.01. The van der Waals surface area contributed by atoms with E-state index >= 15 is 0 Å². The Kier molecular flexibility index (Phi) is 12.2. The van der Waals surface area contributed by atoms with Crippen LogP contribution in [-0.2, 0) is 16.0 Å². The van der Waals surface area contributed by atoms with E-state index < -0.39 is 18.0 Å². The zero-order valence-corrected chi connectivity index (χ0v) is 20.4. The van der Waals surface area contributed by atoms with E-state index in [1.807, 2.05) is 0 Å². The van der Waals surface area contributed by atoms with Crippen LogP contribution in [0.25, 0.3) is 0 Å². The maximum absolute atomic E-state index is 12.0. The maximum Gasteiger partial charge on any atom is 0.338 e. The average Bonchev–Trinajstić information content (AvgIpc) is 2.83.